The molecule has 15 heavy (non-hydrogen) atoms. The van der Waals surface area contributed by atoms with Crippen LogP contribution in [0.4, 0.5) is 0 Å². The van der Waals surface area contributed by atoms with Crippen molar-refractivity contribution in [2.75, 3.05) is 0 Å². The van der Waals surface area contributed by atoms with Gasteiger partial charge in [0.1, 0.15) is 0 Å². The van der Waals surface area contributed by atoms with Crippen LogP contribution in [-0.4, -0.2) is 25.0 Å². The molecule has 0 atom stereocenters. The van der Waals surface area contributed by atoms with Crippen LogP contribution in [-0.2, 0) is 6.54 Å². The molecule has 2 rings (SSSR count). The van der Waals surface area contributed by atoms with E-state index in [1.165, 1.54) is 6.33 Å². The molecule has 0 bridgehead atoms. The number of nitrogens with zero attached hydrogens (tertiary/aromatic N) is 4. The predicted molar refractivity (Wildman–Crippen MR) is 55.5 cm³/mol. The molecule has 0 saturated heterocycles. The highest BCUT2D eigenvalue weighted by atomic mass is 16.1. The topological polar surface area (TPSA) is 76.5 Å². The fourth-order valence-electron chi connectivity index (χ4n) is 1.47. The Labute approximate surface area is 86.3 Å². The van der Waals surface area contributed by atoms with Crippen LogP contribution >= 0.6 is 0 Å². The van der Waals surface area contributed by atoms with Gasteiger partial charge in [-0.05, 0) is 6.42 Å². The maximum Gasteiger partial charge on any atom is 0.280 e. The second-order valence-electron chi connectivity index (χ2n) is 3.42. The first kappa shape index (κ1) is 9.82. The Bertz CT molecular complexity index is 500. The molecule has 0 radical (unpaired) electrons. The number of rotatable bonds is 4. The summed E-state index contributed by atoms with van der Waals surface area (Å²) < 4.78 is 1.68. The van der Waals surface area contributed by atoms with E-state index < -0.39 is 0 Å². The van der Waals surface area contributed by atoms with Crippen molar-refractivity contribution < 1.29 is 0 Å². The lowest BCUT2D eigenvalue weighted by Crippen LogP contribution is -2.07. The molecule has 0 aliphatic heterocycles. The molecule has 6 nitrogen and oxygen atoms in total. The van der Waals surface area contributed by atoms with Gasteiger partial charge in [0.05, 0.1) is 6.33 Å². The summed E-state index contributed by atoms with van der Waals surface area (Å²) in [5.74, 6) is 0. The zero-order valence-corrected chi connectivity index (χ0v) is 8.60. The SMILES string of the molecule is CCCCCn1nnc2c(=O)[nH]cnc21. The third-order valence-electron chi connectivity index (χ3n) is 2.28. The smallest absolute Gasteiger partial charge is 0.280 e. The summed E-state index contributed by atoms with van der Waals surface area (Å²) in [6.07, 6.45) is 4.71. The Hall–Kier alpha value is -1.72. The fraction of sp³-hybridized carbons (Fsp3) is 0.556. The highest BCUT2D eigenvalue weighted by molar-refractivity contribution is 5.67. The normalized spacial score (nSPS) is 11.0. The lowest BCUT2D eigenvalue weighted by Gasteiger charge is -1.99. The summed E-state index contributed by atoms with van der Waals surface area (Å²) in [6, 6.07) is 0. The van der Waals surface area contributed by atoms with E-state index in [0.717, 1.165) is 25.8 Å². The van der Waals surface area contributed by atoms with Gasteiger partial charge in [0, 0.05) is 6.54 Å². The van der Waals surface area contributed by atoms with Crippen molar-refractivity contribution in [3.8, 4) is 0 Å². The van der Waals surface area contributed by atoms with Gasteiger partial charge in [0.15, 0.2) is 11.2 Å². The zero-order valence-electron chi connectivity index (χ0n) is 8.60. The lowest BCUT2D eigenvalue weighted by atomic mass is 10.2. The molecule has 2 aromatic rings. The van der Waals surface area contributed by atoms with Crippen molar-refractivity contribution >= 4 is 11.2 Å². The lowest BCUT2D eigenvalue weighted by molar-refractivity contribution is 0.547. The van der Waals surface area contributed by atoms with Gasteiger partial charge in [-0.15, -0.1) is 5.10 Å². The molecule has 0 saturated carbocycles. The van der Waals surface area contributed by atoms with Crippen LogP contribution in [0.1, 0.15) is 26.2 Å². The van der Waals surface area contributed by atoms with Crippen molar-refractivity contribution in [1.82, 2.24) is 25.0 Å². The van der Waals surface area contributed by atoms with Crippen molar-refractivity contribution in [3.63, 3.8) is 0 Å². The summed E-state index contributed by atoms with van der Waals surface area (Å²) in [7, 11) is 0. The van der Waals surface area contributed by atoms with Crippen LogP contribution in [0.2, 0.25) is 0 Å². The Balaban J connectivity index is 2.29. The Morgan fingerprint density at radius 1 is 1.47 bits per heavy atom. The van der Waals surface area contributed by atoms with Gasteiger partial charge < -0.3 is 4.98 Å². The van der Waals surface area contributed by atoms with Gasteiger partial charge in [0.2, 0.25) is 0 Å². The summed E-state index contributed by atoms with van der Waals surface area (Å²) in [5, 5.41) is 7.72. The van der Waals surface area contributed by atoms with E-state index >= 15 is 0 Å². The molecule has 0 spiro atoms. The maximum atomic E-state index is 11.3. The fourth-order valence-corrected chi connectivity index (χ4v) is 1.47. The first-order chi connectivity index (χ1) is 7.33. The van der Waals surface area contributed by atoms with Crippen LogP contribution in [0.15, 0.2) is 11.1 Å². The quantitative estimate of drug-likeness (QED) is 0.749. The second kappa shape index (κ2) is 4.20. The van der Waals surface area contributed by atoms with E-state index in [1.54, 1.807) is 4.68 Å². The third kappa shape index (κ3) is 1.88. The molecule has 0 aliphatic rings. The number of hydrogen-bond acceptors (Lipinski definition) is 4. The van der Waals surface area contributed by atoms with Crippen molar-refractivity contribution in [2.24, 2.45) is 0 Å². The molecular weight excluding hydrogens is 194 g/mol. The minimum atomic E-state index is -0.234. The molecule has 0 aliphatic carbocycles. The van der Waals surface area contributed by atoms with E-state index in [1.807, 2.05) is 0 Å². The minimum absolute atomic E-state index is 0.234. The molecule has 80 valence electrons. The van der Waals surface area contributed by atoms with Gasteiger partial charge in [0.25, 0.3) is 5.56 Å². The Morgan fingerprint density at radius 2 is 2.33 bits per heavy atom. The number of nitrogens with one attached hydrogen (secondary N) is 1. The van der Waals surface area contributed by atoms with Crippen LogP contribution in [0.25, 0.3) is 11.2 Å². The molecule has 0 unspecified atom stereocenters. The summed E-state index contributed by atoms with van der Waals surface area (Å²) in [4.78, 5) is 17.8. The van der Waals surface area contributed by atoms with Crippen LogP contribution in [0, 0.1) is 0 Å². The number of H-pyrrole nitrogens is 1. The molecule has 6 heteroatoms. The summed E-state index contributed by atoms with van der Waals surface area (Å²) in [5.41, 5.74) is 0.644. The monoisotopic (exact) mass is 207 g/mol. The van der Waals surface area contributed by atoms with Crippen LogP contribution in [0.3, 0.4) is 0 Å². The molecule has 0 aromatic carbocycles. The number of hydrogen-bond donors (Lipinski definition) is 1. The van der Waals surface area contributed by atoms with E-state index in [0.29, 0.717) is 11.2 Å². The summed E-state index contributed by atoms with van der Waals surface area (Å²) >= 11 is 0. The van der Waals surface area contributed by atoms with E-state index in [9.17, 15) is 4.79 Å². The van der Waals surface area contributed by atoms with E-state index in [-0.39, 0.29) is 5.56 Å². The number of unbranched alkanes of at least 4 members (excludes halogenated alkanes) is 2. The Morgan fingerprint density at radius 3 is 3.13 bits per heavy atom. The molecule has 2 aromatic heterocycles. The molecule has 1 N–H and O–H groups in total. The number of aryl methyl sites for hydroxylation is 1. The average Bonchev–Trinajstić information content (AvgIpc) is 2.64. The van der Waals surface area contributed by atoms with Gasteiger partial charge in [-0.2, -0.15) is 0 Å². The Kier molecular flexibility index (Phi) is 2.75. The van der Waals surface area contributed by atoms with Crippen LogP contribution < -0.4 is 5.56 Å². The van der Waals surface area contributed by atoms with Crippen molar-refractivity contribution in [2.45, 2.75) is 32.7 Å². The minimum Gasteiger partial charge on any atom is -0.311 e. The second-order valence-corrected chi connectivity index (χ2v) is 3.42. The van der Waals surface area contributed by atoms with E-state index in [2.05, 4.69) is 27.2 Å². The van der Waals surface area contributed by atoms with Crippen molar-refractivity contribution in [1.29, 1.82) is 0 Å². The average molecular weight is 207 g/mol. The maximum absolute atomic E-state index is 11.3. The standard InChI is InChI=1S/C9H13N5O/c1-2-3-4-5-14-8-7(12-13-14)9(15)11-6-10-8/h6H,2-5H2,1H3,(H,10,11,15). The van der Waals surface area contributed by atoms with Gasteiger partial charge in [-0.1, -0.05) is 25.0 Å². The third-order valence-corrected chi connectivity index (χ3v) is 2.28. The number of aromatic nitrogens is 5. The van der Waals surface area contributed by atoms with Gasteiger partial charge >= 0.3 is 0 Å². The molecular formula is C9H13N5O. The van der Waals surface area contributed by atoms with E-state index in [4.69, 9.17) is 0 Å². The summed E-state index contributed by atoms with van der Waals surface area (Å²) in [6.45, 7) is 2.91. The molecule has 0 fully saturated rings. The molecule has 2 heterocycles. The predicted octanol–water partition coefficient (Wildman–Crippen LogP) is 0.705. The number of aromatic amines is 1. The van der Waals surface area contributed by atoms with Crippen LogP contribution in [0.5, 0.6) is 0 Å². The highest BCUT2D eigenvalue weighted by Crippen LogP contribution is 2.03. The molecule has 0 amide bonds. The highest BCUT2D eigenvalue weighted by Gasteiger charge is 2.07. The zero-order chi connectivity index (χ0) is 10.7. The number of fused-ring (bicyclic) bond motifs is 1. The van der Waals surface area contributed by atoms with Gasteiger partial charge in [-0.3, -0.25) is 4.79 Å². The van der Waals surface area contributed by atoms with Gasteiger partial charge in [-0.25, -0.2) is 9.67 Å². The first-order valence-electron chi connectivity index (χ1n) is 5.10. The first-order valence-corrected chi connectivity index (χ1v) is 5.10. The largest absolute Gasteiger partial charge is 0.311 e. The van der Waals surface area contributed by atoms with Crippen molar-refractivity contribution in [3.05, 3.63) is 16.7 Å².